The fourth-order valence-electron chi connectivity index (χ4n) is 2.08. The SMILES string of the molecule is CC[C@@H](NC(=O)C(Cl)Cl)[C@H](C)c1ccc(S(C)(=O)=O)cc1. The van der Waals surface area contributed by atoms with Crippen molar-refractivity contribution in [3.63, 3.8) is 0 Å². The van der Waals surface area contributed by atoms with Crippen LogP contribution in [-0.4, -0.2) is 31.5 Å². The van der Waals surface area contributed by atoms with E-state index in [-0.39, 0.29) is 16.9 Å². The summed E-state index contributed by atoms with van der Waals surface area (Å²) in [5.41, 5.74) is 0.940. The van der Waals surface area contributed by atoms with Crippen molar-refractivity contribution in [1.82, 2.24) is 5.32 Å². The van der Waals surface area contributed by atoms with E-state index < -0.39 is 20.6 Å². The smallest absolute Gasteiger partial charge is 0.253 e. The van der Waals surface area contributed by atoms with E-state index in [1.807, 2.05) is 13.8 Å². The Morgan fingerprint density at radius 3 is 2.14 bits per heavy atom. The highest BCUT2D eigenvalue weighted by molar-refractivity contribution is 7.90. The van der Waals surface area contributed by atoms with Crippen LogP contribution in [0, 0.1) is 0 Å². The Balaban J connectivity index is 2.90. The Hall–Kier alpha value is -0.780. The molecule has 1 amide bonds. The Morgan fingerprint density at radius 2 is 1.76 bits per heavy atom. The molecule has 7 heteroatoms. The van der Waals surface area contributed by atoms with Gasteiger partial charge in [0.15, 0.2) is 14.7 Å². The van der Waals surface area contributed by atoms with Gasteiger partial charge in [-0.25, -0.2) is 8.42 Å². The molecule has 1 N–H and O–H groups in total. The number of carbonyl (C=O) groups excluding carboxylic acids is 1. The fraction of sp³-hybridized carbons (Fsp3) is 0.500. The molecule has 4 nitrogen and oxygen atoms in total. The van der Waals surface area contributed by atoms with Crippen LogP contribution in [0.1, 0.15) is 31.7 Å². The third-order valence-electron chi connectivity index (χ3n) is 3.40. The first-order valence-electron chi connectivity index (χ1n) is 6.55. The number of rotatable bonds is 6. The quantitative estimate of drug-likeness (QED) is 0.801. The van der Waals surface area contributed by atoms with Crippen molar-refractivity contribution in [2.75, 3.05) is 6.26 Å². The molecule has 0 aliphatic rings. The Morgan fingerprint density at radius 1 is 1.24 bits per heavy atom. The molecular weight excluding hydrogens is 333 g/mol. The van der Waals surface area contributed by atoms with Gasteiger partial charge >= 0.3 is 0 Å². The van der Waals surface area contributed by atoms with Gasteiger partial charge in [0.2, 0.25) is 0 Å². The molecule has 0 aliphatic carbocycles. The number of sulfone groups is 1. The lowest BCUT2D eigenvalue weighted by atomic mass is 9.91. The maximum atomic E-state index is 11.6. The second kappa shape index (κ2) is 7.47. The first-order chi connectivity index (χ1) is 9.66. The topological polar surface area (TPSA) is 63.2 Å². The lowest BCUT2D eigenvalue weighted by Crippen LogP contribution is -2.40. The van der Waals surface area contributed by atoms with Gasteiger partial charge in [0.1, 0.15) is 0 Å². The molecule has 0 spiro atoms. The number of hydrogen-bond donors (Lipinski definition) is 1. The van der Waals surface area contributed by atoms with Crippen molar-refractivity contribution in [3.8, 4) is 0 Å². The molecule has 1 aromatic carbocycles. The third kappa shape index (κ3) is 5.16. The van der Waals surface area contributed by atoms with Crippen LogP contribution < -0.4 is 5.32 Å². The molecule has 0 unspecified atom stereocenters. The lowest BCUT2D eigenvalue weighted by molar-refractivity contribution is -0.120. The number of amides is 1. The van der Waals surface area contributed by atoms with Crippen LogP contribution in [0.2, 0.25) is 0 Å². The number of halogens is 2. The molecule has 0 aliphatic heterocycles. The summed E-state index contributed by atoms with van der Waals surface area (Å²) in [6.07, 6.45) is 1.88. The molecule has 2 atom stereocenters. The summed E-state index contributed by atoms with van der Waals surface area (Å²) in [6.45, 7) is 3.91. The third-order valence-corrected chi connectivity index (χ3v) is 4.93. The summed E-state index contributed by atoms with van der Waals surface area (Å²) >= 11 is 11.1. The van der Waals surface area contributed by atoms with Crippen LogP contribution in [0.15, 0.2) is 29.2 Å². The highest BCUT2D eigenvalue weighted by Gasteiger charge is 2.22. The summed E-state index contributed by atoms with van der Waals surface area (Å²) in [5.74, 6) is -0.413. The Labute approximate surface area is 135 Å². The second-order valence-corrected chi connectivity index (χ2v) is 8.07. The molecule has 0 saturated heterocycles. The number of hydrogen-bond acceptors (Lipinski definition) is 3. The molecule has 118 valence electrons. The van der Waals surface area contributed by atoms with Crippen molar-refractivity contribution >= 4 is 38.9 Å². The molecule has 0 bridgehead atoms. The van der Waals surface area contributed by atoms with Crippen molar-refractivity contribution in [2.45, 2.75) is 42.0 Å². The van der Waals surface area contributed by atoms with E-state index >= 15 is 0 Å². The van der Waals surface area contributed by atoms with Crippen LogP contribution >= 0.6 is 23.2 Å². The van der Waals surface area contributed by atoms with Crippen molar-refractivity contribution in [3.05, 3.63) is 29.8 Å². The zero-order chi connectivity index (χ0) is 16.2. The normalized spacial score (nSPS) is 14.8. The van der Waals surface area contributed by atoms with Gasteiger partial charge in [0, 0.05) is 18.2 Å². The van der Waals surface area contributed by atoms with Gasteiger partial charge in [-0.3, -0.25) is 4.79 Å². The molecule has 1 rings (SSSR count). The van der Waals surface area contributed by atoms with Gasteiger partial charge in [-0.2, -0.15) is 0 Å². The van der Waals surface area contributed by atoms with E-state index in [0.29, 0.717) is 6.42 Å². The molecule has 0 fully saturated rings. The van der Waals surface area contributed by atoms with Gasteiger partial charge < -0.3 is 5.32 Å². The molecule has 0 heterocycles. The molecule has 0 radical (unpaired) electrons. The summed E-state index contributed by atoms with van der Waals surface area (Å²) in [7, 11) is -3.21. The predicted octanol–water partition coefficient (Wildman–Crippen LogP) is 2.89. The van der Waals surface area contributed by atoms with Gasteiger partial charge in [0.25, 0.3) is 5.91 Å². The van der Waals surface area contributed by atoms with Gasteiger partial charge in [0.05, 0.1) is 4.90 Å². The molecule has 21 heavy (non-hydrogen) atoms. The zero-order valence-corrected chi connectivity index (χ0v) is 14.5. The molecule has 0 aromatic heterocycles. The first-order valence-corrected chi connectivity index (χ1v) is 9.31. The Kier molecular flexibility index (Phi) is 6.50. The average molecular weight is 352 g/mol. The van der Waals surface area contributed by atoms with E-state index in [1.54, 1.807) is 24.3 Å². The van der Waals surface area contributed by atoms with Gasteiger partial charge in [-0.15, -0.1) is 0 Å². The number of nitrogens with one attached hydrogen (secondary N) is 1. The average Bonchev–Trinajstić information content (AvgIpc) is 2.42. The van der Waals surface area contributed by atoms with Gasteiger partial charge in [-0.05, 0) is 24.1 Å². The number of benzene rings is 1. The largest absolute Gasteiger partial charge is 0.350 e. The maximum absolute atomic E-state index is 11.6. The minimum atomic E-state index is -3.21. The fourth-order valence-corrected chi connectivity index (χ4v) is 2.83. The Bertz CT molecular complexity index is 585. The van der Waals surface area contributed by atoms with E-state index in [2.05, 4.69) is 5.32 Å². The van der Waals surface area contributed by atoms with E-state index in [1.165, 1.54) is 6.26 Å². The van der Waals surface area contributed by atoms with Crippen LogP contribution in [0.3, 0.4) is 0 Å². The highest BCUT2D eigenvalue weighted by atomic mass is 35.5. The van der Waals surface area contributed by atoms with Crippen LogP contribution in [-0.2, 0) is 14.6 Å². The molecule has 1 aromatic rings. The van der Waals surface area contributed by atoms with E-state index in [4.69, 9.17) is 23.2 Å². The predicted molar refractivity (Wildman–Crippen MR) is 85.7 cm³/mol. The summed E-state index contributed by atoms with van der Waals surface area (Å²) < 4.78 is 22.9. The van der Waals surface area contributed by atoms with E-state index in [0.717, 1.165) is 5.56 Å². The number of carbonyl (C=O) groups is 1. The maximum Gasteiger partial charge on any atom is 0.253 e. The first kappa shape index (κ1) is 18.3. The van der Waals surface area contributed by atoms with Crippen molar-refractivity contribution in [2.24, 2.45) is 0 Å². The van der Waals surface area contributed by atoms with Crippen molar-refractivity contribution < 1.29 is 13.2 Å². The van der Waals surface area contributed by atoms with Crippen LogP contribution in [0.5, 0.6) is 0 Å². The standard InChI is InChI=1S/C14H19Cl2NO3S/c1-4-12(17-14(18)13(15)16)9(2)10-5-7-11(8-6-10)21(3,19)20/h5-9,12-13H,4H2,1-3H3,(H,17,18)/t9-,12-/m1/s1. The minimum Gasteiger partial charge on any atom is -0.350 e. The zero-order valence-electron chi connectivity index (χ0n) is 12.1. The summed E-state index contributed by atoms with van der Waals surface area (Å²) in [4.78, 5) is 10.8. The lowest BCUT2D eigenvalue weighted by Gasteiger charge is -2.24. The van der Waals surface area contributed by atoms with E-state index in [9.17, 15) is 13.2 Å². The monoisotopic (exact) mass is 351 g/mol. The van der Waals surface area contributed by atoms with Crippen molar-refractivity contribution in [1.29, 1.82) is 0 Å². The highest BCUT2D eigenvalue weighted by Crippen LogP contribution is 2.23. The van der Waals surface area contributed by atoms with Gasteiger partial charge in [-0.1, -0.05) is 49.2 Å². The van der Waals surface area contributed by atoms with Crippen LogP contribution in [0.4, 0.5) is 0 Å². The van der Waals surface area contributed by atoms with Crippen LogP contribution in [0.25, 0.3) is 0 Å². The molecule has 0 saturated carbocycles. The molecular formula is C14H19Cl2NO3S. The summed E-state index contributed by atoms with van der Waals surface area (Å²) in [5, 5.41) is 2.79. The summed E-state index contributed by atoms with van der Waals surface area (Å²) in [6, 6.07) is 6.54. The number of alkyl halides is 2. The minimum absolute atomic E-state index is 0.0136. The second-order valence-electron chi connectivity index (χ2n) is 4.95.